The molecule has 3 heterocycles. The van der Waals surface area contributed by atoms with Gasteiger partial charge in [0.2, 0.25) is 0 Å². The number of rotatable bonds is 2. The Morgan fingerprint density at radius 3 is 3.16 bits per heavy atom. The van der Waals surface area contributed by atoms with Gasteiger partial charge in [-0.3, -0.25) is 4.79 Å². The summed E-state index contributed by atoms with van der Waals surface area (Å²) < 4.78 is 1.81. The molecule has 1 saturated carbocycles. The van der Waals surface area contributed by atoms with E-state index in [1.807, 2.05) is 0 Å². The molecule has 2 N–H and O–H groups in total. The van der Waals surface area contributed by atoms with Crippen molar-refractivity contribution in [3.8, 4) is 0 Å². The van der Waals surface area contributed by atoms with Crippen LogP contribution in [0, 0.1) is 5.92 Å². The van der Waals surface area contributed by atoms with Crippen LogP contribution in [0.25, 0.3) is 5.52 Å². The zero-order valence-electron chi connectivity index (χ0n) is 10.4. The van der Waals surface area contributed by atoms with Crippen LogP contribution in [-0.2, 0) is 0 Å². The predicted octanol–water partition coefficient (Wildman–Crippen LogP) is 0.209. The molecule has 19 heavy (non-hydrogen) atoms. The molecule has 0 radical (unpaired) electrons. The molecule has 3 atom stereocenters. The molecule has 2 aliphatic rings. The summed E-state index contributed by atoms with van der Waals surface area (Å²) >= 11 is 0. The van der Waals surface area contributed by atoms with E-state index in [-0.39, 0.29) is 11.9 Å². The fraction of sp³-hybridized carbons (Fsp3) is 0.462. The minimum atomic E-state index is -0.102. The minimum Gasteiger partial charge on any atom is -0.346 e. The van der Waals surface area contributed by atoms with Gasteiger partial charge < -0.3 is 15.0 Å². The van der Waals surface area contributed by atoms with Crippen molar-refractivity contribution >= 4 is 11.4 Å². The molecule has 2 aromatic rings. The van der Waals surface area contributed by atoms with Gasteiger partial charge in [-0.05, 0) is 25.3 Å². The monoisotopic (exact) mass is 257 g/mol. The maximum absolute atomic E-state index is 12.2. The highest BCUT2D eigenvalue weighted by molar-refractivity contribution is 5.92. The van der Waals surface area contributed by atoms with Crippen LogP contribution in [0.1, 0.15) is 23.3 Å². The van der Waals surface area contributed by atoms with Crippen LogP contribution in [0.3, 0.4) is 0 Å². The van der Waals surface area contributed by atoms with Crippen molar-refractivity contribution < 1.29 is 4.79 Å². The van der Waals surface area contributed by atoms with Crippen LogP contribution < -0.4 is 10.6 Å². The van der Waals surface area contributed by atoms with Crippen molar-refractivity contribution in [2.75, 3.05) is 6.54 Å². The number of nitrogens with zero attached hydrogens (tertiary/aromatic N) is 3. The standard InChI is InChI=1S/C13H15N5O/c19-13(17-11-2-8-1-10(11)15-3-8)12-6-18-7-14-4-9(18)5-16-12/h4-8,10-11,15H,1-3H2,(H,17,19)/t8-,10-,11+/m1/s1. The number of piperidine rings is 1. The third-order valence-corrected chi connectivity index (χ3v) is 4.17. The van der Waals surface area contributed by atoms with Crippen LogP contribution in [0.4, 0.5) is 0 Å². The molecule has 1 saturated heterocycles. The number of carbonyl (C=O) groups is 1. The first-order chi connectivity index (χ1) is 9.29. The Morgan fingerprint density at radius 1 is 1.42 bits per heavy atom. The van der Waals surface area contributed by atoms with Crippen LogP contribution in [-0.4, -0.2) is 38.9 Å². The van der Waals surface area contributed by atoms with Gasteiger partial charge in [0.15, 0.2) is 0 Å². The summed E-state index contributed by atoms with van der Waals surface area (Å²) in [7, 11) is 0. The molecule has 1 aliphatic heterocycles. The van der Waals surface area contributed by atoms with Gasteiger partial charge in [-0.1, -0.05) is 0 Å². The number of hydrogen-bond donors (Lipinski definition) is 2. The van der Waals surface area contributed by atoms with E-state index in [2.05, 4.69) is 20.6 Å². The fourth-order valence-corrected chi connectivity index (χ4v) is 3.20. The molecule has 2 bridgehead atoms. The number of fused-ring (bicyclic) bond motifs is 3. The SMILES string of the molecule is O=C(N[C@H]1C[C@@H]2CN[C@@H]1C2)c1cn2cncc2cn1. The van der Waals surface area contributed by atoms with Crippen molar-refractivity contribution in [3.05, 3.63) is 30.6 Å². The summed E-state index contributed by atoms with van der Waals surface area (Å²) in [5.41, 5.74) is 1.33. The average molecular weight is 257 g/mol. The Labute approximate surface area is 110 Å². The Morgan fingerprint density at radius 2 is 2.37 bits per heavy atom. The van der Waals surface area contributed by atoms with Gasteiger partial charge in [0, 0.05) is 18.3 Å². The molecule has 6 heteroatoms. The van der Waals surface area contributed by atoms with Gasteiger partial charge in [0.05, 0.1) is 24.2 Å². The third-order valence-electron chi connectivity index (χ3n) is 4.17. The van der Waals surface area contributed by atoms with Gasteiger partial charge in [-0.2, -0.15) is 0 Å². The molecule has 6 nitrogen and oxygen atoms in total. The van der Waals surface area contributed by atoms with E-state index in [1.165, 1.54) is 6.42 Å². The lowest BCUT2D eigenvalue weighted by Gasteiger charge is -2.23. The second-order valence-electron chi connectivity index (χ2n) is 5.43. The number of amides is 1. The van der Waals surface area contributed by atoms with Crippen molar-refractivity contribution in [2.24, 2.45) is 5.92 Å². The van der Waals surface area contributed by atoms with Gasteiger partial charge in [-0.15, -0.1) is 0 Å². The molecular weight excluding hydrogens is 242 g/mol. The van der Waals surface area contributed by atoms with Gasteiger partial charge in [-0.25, -0.2) is 9.97 Å². The molecule has 98 valence electrons. The molecular formula is C13H15N5O. The lowest BCUT2D eigenvalue weighted by Crippen LogP contribution is -2.48. The van der Waals surface area contributed by atoms with E-state index in [1.54, 1.807) is 29.3 Å². The van der Waals surface area contributed by atoms with Crippen molar-refractivity contribution in [1.82, 2.24) is 25.0 Å². The van der Waals surface area contributed by atoms with E-state index in [4.69, 9.17) is 0 Å². The van der Waals surface area contributed by atoms with Crippen LogP contribution >= 0.6 is 0 Å². The topological polar surface area (TPSA) is 71.3 Å². The summed E-state index contributed by atoms with van der Waals surface area (Å²) in [5, 5.41) is 6.52. The largest absolute Gasteiger partial charge is 0.346 e. The van der Waals surface area contributed by atoms with Crippen molar-refractivity contribution in [3.63, 3.8) is 0 Å². The fourth-order valence-electron chi connectivity index (χ4n) is 3.20. The first kappa shape index (κ1) is 10.9. The van der Waals surface area contributed by atoms with E-state index >= 15 is 0 Å². The van der Waals surface area contributed by atoms with Crippen molar-refractivity contribution in [2.45, 2.75) is 24.9 Å². The Balaban J connectivity index is 1.53. The maximum atomic E-state index is 12.2. The Hall–Kier alpha value is -1.95. The smallest absolute Gasteiger partial charge is 0.271 e. The molecule has 2 fully saturated rings. The molecule has 4 rings (SSSR count). The summed E-state index contributed by atoms with van der Waals surface area (Å²) in [5.74, 6) is 0.620. The Bertz CT molecular complexity index is 637. The van der Waals surface area contributed by atoms with Gasteiger partial charge in [0.1, 0.15) is 5.69 Å². The summed E-state index contributed by atoms with van der Waals surface area (Å²) in [6, 6.07) is 0.678. The Kier molecular flexibility index (Phi) is 2.32. The van der Waals surface area contributed by atoms with Gasteiger partial charge in [0.25, 0.3) is 5.91 Å². The van der Waals surface area contributed by atoms with Crippen molar-refractivity contribution in [1.29, 1.82) is 0 Å². The summed E-state index contributed by atoms with van der Waals surface area (Å²) in [6.45, 7) is 1.09. The molecule has 0 spiro atoms. The highest BCUT2D eigenvalue weighted by Crippen LogP contribution is 2.31. The second-order valence-corrected chi connectivity index (χ2v) is 5.43. The normalized spacial score (nSPS) is 28.9. The van der Waals surface area contributed by atoms with E-state index in [9.17, 15) is 4.79 Å². The van der Waals surface area contributed by atoms with Gasteiger partial charge >= 0.3 is 0 Å². The quantitative estimate of drug-likeness (QED) is 0.807. The van der Waals surface area contributed by atoms with E-state index in [0.717, 1.165) is 24.4 Å². The van der Waals surface area contributed by atoms with Crippen LogP contribution in [0.5, 0.6) is 0 Å². The molecule has 2 aromatic heterocycles. The average Bonchev–Trinajstić information content (AvgIpc) is 3.13. The lowest BCUT2D eigenvalue weighted by molar-refractivity contribution is 0.0923. The molecule has 1 aliphatic carbocycles. The highest BCUT2D eigenvalue weighted by Gasteiger charge is 2.40. The lowest BCUT2D eigenvalue weighted by atomic mass is 10.1. The molecule has 0 aromatic carbocycles. The number of imidazole rings is 1. The minimum absolute atomic E-state index is 0.102. The number of hydrogen-bond acceptors (Lipinski definition) is 4. The second kappa shape index (κ2) is 4.03. The zero-order chi connectivity index (χ0) is 12.8. The first-order valence-electron chi connectivity index (χ1n) is 6.61. The number of aromatic nitrogens is 3. The zero-order valence-corrected chi connectivity index (χ0v) is 10.4. The molecule has 1 amide bonds. The third kappa shape index (κ3) is 1.79. The van der Waals surface area contributed by atoms with Crippen LogP contribution in [0.2, 0.25) is 0 Å². The first-order valence-corrected chi connectivity index (χ1v) is 6.61. The predicted molar refractivity (Wildman–Crippen MR) is 68.8 cm³/mol. The summed E-state index contributed by atoms with van der Waals surface area (Å²) in [4.78, 5) is 20.4. The number of carbonyl (C=O) groups excluding carboxylic acids is 1. The number of nitrogens with one attached hydrogen (secondary N) is 2. The summed E-state index contributed by atoms with van der Waals surface area (Å²) in [6.07, 6.45) is 9.04. The maximum Gasteiger partial charge on any atom is 0.271 e. The van der Waals surface area contributed by atoms with E-state index in [0.29, 0.717) is 11.7 Å². The highest BCUT2D eigenvalue weighted by atomic mass is 16.2. The van der Waals surface area contributed by atoms with Crippen LogP contribution in [0.15, 0.2) is 24.9 Å². The van der Waals surface area contributed by atoms with E-state index < -0.39 is 0 Å². The molecule has 0 unspecified atom stereocenters.